The first-order chi connectivity index (χ1) is 9.27. The number of ether oxygens (including phenoxy) is 1. The molecule has 1 aliphatic rings. The lowest BCUT2D eigenvalue weighted by atomic mass is 10.1. The number of pyridine rings is 1. The summed E-state index contributed by atoms with van der Waals surface area (Å²) in [6.45, 7) is 0.920. The minimum Gasteiger partial charge on any atom is -0.474 e. The number of carbonyl (C=O) groups is 1. The monoisotopic (exact) mass is 274 g/mol. The van der Waals surface area contributed by atoms with E-state index in [2.05, 4.69) is 4.98 Å². The maximum absolute atomic E-state index is 12.5. The van der Waals surface area contributed by atoms with Gasteiger partial charge in [0.15, 0.2) is 0 Å². The number of carbonyl (C=O) groups excluding carboxylic acids is 1. The van der Waals surface area contributed by atoms with Crippen LogP contribution < -0.4 is 9.64 Å². The number of aromatic nitrogens is 1. The van der Waals surface area contributed by atoms with E-state index in [9.17, 15) is 4.79 Å². The van der Waals surface area contributed by atoms with Gasteiger partial charge >= 0.3 is 0 Å². The van der Waals surface area contributed by atoms with Crippen molar-refractivity contribution >= 4 is 23.2 Å². The third kappa shape index (κ3) is 2.15. The molecule has 0 spiro atoms. The average molecular weight is 275 g/mol. The van der Waals surface area contributed by atoms with Gasteiger partial charge in [0.2, 0.25) is 5.88 Å². The van der Waals surface area contributed by atoms with Crippen molar-refractivity contribution in [3.63, 3.8) is 0 Å². The highest BCUT2D eigenvalue weighted by Crippen LogP contribution is 2.30. The maximum Gasteiger partial charge on any atom is 0.260 e. The van der Waals surface area contributed by atoms with Crippen molar-refractivity contribution in [2.75, 3.05) is 18.1 Å². The number of benzene rings is 1. The van der Waals surface area contributed by atoms with Crippen molar-refractivity contribution in [3.05, 3.63) is 53.2 Å². The van der Waals surface area contributed by atoms with Crippen LogP contribution in [-0.2, 0) is 0 Å². The molecule has 19 heavy (non-hydrogen) atoms. The van der Waals surface area contributed by atoms with Gasteiger partial charge in [-0.05, 0) is 24.3 Å². The smallest absolute Gasteiger partial charge is 0.260 e. The second-order valence-electron chi connectivity index (χ2n) is 4.11. The lowest BCUT2D eigenvalue weighted by molar-refractivity contribution is 0.0976. The van der Waals surface area contributed by atoms with E-state index < -0.39 is 0 Å². The van der Waals surface area contributed by atoms with Crippen LogP contribution in [0, 0.1) is 0 Å². The second-order valence-corrected chi connectivity index (χ2v) is 4.52. The zero-order valence-corrected chi connectivity index (χ0v) is 10.8. The fourth-order valence-corrected chi connectivity index (χ4v) is 2.26. The van der Waals surface area contributed by atoms with Gasteiger partial charge < -0.3 is 9.64 Å². The van der Waals surface area contributed by atoms with Crippen LogP contribution in [0.3, 0.4) is 0 Å². The summed E-state index contributed by atoms with van der Waals surface area (Å²) >= 11 is 6.07. The Morgan fingerprint density at radius 2 is 2.11 bits per heavy atom. The summed E-state index contributed by atoms with van der Waals surface area (Å²) in [5.41, 5.74) is 1.17. The zero-order valence-electron chi connectivity index (χ0n) is 10.0. The quantitative estimate of drug-likeness (QED) is 0.803. The number of halogens is 1. The molecule has 0 bridgehead atoms. The van der Waals surface area contributed by atoms with Gasteiger partial charge in [-0.15, -0.1) is 0 Å². The summed E-state index contributed by atoms with van der Waals surface area (Å²) in [5.74, 6) is 0.345. The predicted molar refractivity (Wildman–Crippen MR) is 72.9 cm³/mol. The van der Waals surface area contributed by atoms with E-state index in [0.29, 0.717) is 35.3 Å². The summed E-state index contributed by atoms with van der Waals surface area (Å²) in [7, 11) is 0. The van der Waals surface area contributed by atoms with Gasteiger partial charge in [0.05, 0.1) is 17.1 Å². The standard InChI is InChI=1S/C14H11ClN2O2/c15-11-5-2-1-4-10(11)14(18)17-8-9-19-13-12(17)6-3-7-16-13/h1-7H,8-9H2. The average Bonchev–Trinajstić information content (AvgIpc) is 2.46. The molecule has 0 atom stereocenters. The number of fused-ring (bicyclic) bond motifs is 1. The molecule has 1 aromatic heterocycles. The van der Waals surface area contributed by atoms with Gasteiger partial charge in [0.25, 0.3) is 5.91 Å². The number of amides is 1. The minimum absolute atomic E-state index is 0.136. The molecule has 3 rings (SSSR count). The molecule has 4 nitrogen and oxygen atoms in total. The molecule has 1 amide bonds. The summed E-state index contributed by atoms with van der Waals surface area (Å²) in [6.07, 6.45) is 1.64. The molecule has 96 valence electrons. The molecule has 0 saturated carbocycles. The third-order valence-electron chi connectivity index (χ3n) is 2.94. The highest BCUT2D eigenvalue weighted by atomic mass is 35.5. The van der Waals surface area contributed by atoms with Crippen molar-refractivity contribution < 1.29 is 9.53 Å². The summed E-state index contributed by atoms with van der Waals surface area (Å²) in [4.78, 5) is 18.3. The van der Waals surface area contributed by atoms with E-state index >= 15 is 0 Å². The minimum atomic E-state index is -0.136. The largest absolute Gasteiger partial charge is 0.474 e. The number of rotatable bonds is 1. The van der Waals surface area contributed by atoms with E-state index in [4.69, 9.17) is 16.3 Å². The lowest BCUT2D eigenvalue weighted by Gasteiger charge is -2.28. The van der Waals surface area contributed by atoms with Crippen LogP contribution in [0.2, 0.25) is 5.02 Å². The Bertz CT molecular complexity index is 630. The van der Waals surface area contributed by atoms with Crippen LogP contribution in [0.4, 0.5) is 5.69 Å². The molecule has 2 aromatic rings. The van der Waals surface area contributed by atoms with Crippen molar-refractivity contribution in [2.45, 2.75) is 0 Å². The molecule has 1 aromatic carbocycles. The molecular formula is C14H11ClN2O2. The Balaban J connectivity index is 2.00. The maximum atomic E-state index is 12.5. The lowest BCUT2D eigenvalue weighted by Crippen LogP contribution is -2.38. The number of nitrogens with zero attached hydrogens (tertiary/aromatic N) is 2. The number of hydrogen-bond acceptors (Lipinski definition) is 3. The second kappa shape index (κ2) is 4.90. The van der Waals surface area contributed by atoms with Gasteiger partial charge in [-0.3, -0.25) is 4.79 Å². The van der Waals surface area contributed by atoms with Crippen molar-refractivity contribution in [2.24, 2.45) is 0 Å². The molecule has 1 aliphatic heterocycles. The Morgan fingerprint density at radius 3 is 2.95 bits per heavy atom. The van der Waals surface area contributed by atoms with E-state index in [1.807, 2.05) is 6.07 Å². The Kier molecular flexibility index (Phi) is 3.09. The van der Waals surface area contributed by atoms with Crippen LogP contribution in [0.25, 0.3) is 0 Å². The normalized spacial score (nSPS) is 13.6. The Hall–Kier alpha value is -2.07. The summed E-state index contributed by atoms with van der Waals surface area (Å²) < 4.78 is 5.43. The molecule has 0 saturated heterocycles. The van der Waals surface area contributed by atoms with E-state index in [-0.39, 0.29) is 5.91 Å². The summed E-state index contributed by atoms with van der Waals surface area (Å²) in [5, 5.41) is 0.449. The van der Waals surface area contributed by atoms with Crippen molar-refractivity contribution in [1.82, 2.24) is 4.98 Å². The molecular weight excluding hydrogens is 264 g/mol. The first-order valence-electron chi connectivity index (χ1n) is 5.91. The highest BCUT2D eigenvalue weighted by Gasteiger charge is 2.26. The molecule has 0 unspecified atom stereocenters. The fraction of sp³-hybridized carbons (Fsp3) is 0.143. The number of anilines is 1. The molecule has 0 N–H and O–H groups in total. The van der Waals surface area contributed by atoms with Crippen molar-refractivity contribution in [1.29, 1.82) is 0 Å². The van der Waals surface area contributed by atoms with Crippen LogP contribution in [0.15, 0.2) is 42.6 Å². The van der Waals surface area contributed by atoms with Gasteiger partial charge in [-0.25, -0.2) is 4.98 Å². The zero-order chi connectivity index (χ0) is 13.2. The van der Waals surface area contributed by atoms with E-state index in [1.165, 1.54) is 0 Å². The van der Waals surface area contributed by atoms with Crippen molar-refractivity contribution in [3.8, 4) is 5.88 Å². The van der Waals surface area contributed by atoms with Gasteiger partial charge in [0.1, 0.15) is 12.3 Å². The van der Waals surface area contributed by atoms with Crippen LogP contribution in [-0.4, -0.2) is 24.0 Å². The van der Waals surface area contributed by atoms with Gasteiger partial charge in [-0.1, -0.05) is 23.7 Å². The Morgan fingerprint density at radius 1 is 1.26 bits per heavy atom. The SMILES string of the molecule is O=C(c1ccccc1Cl)N1CCOc2ncccc21. The van der Waals surface area contributed by atoms with Crippen LogP contribution in [0.5, 0.6) is 5.88 Å². The first-order valence-corrected chi connectivity index (χ1v) is 6.29. The molecule has 0 radical (unpaired) electrons. The third-order valence-corrected chi connectivity index (χ3v) is 3.27. The fourth-order valence-electron chi connectivity index (χ4n) is 2.04. The Labute approximate surface area is 115 Å². The van der Waals surface area contributed by atoms with Gasteiger partial charge in [0, 0.05) is 6.20 Å². The summed E-state index contributed by atoms with van der Waals surface area (Å²) in [6, 6.07) is 10.6. The van der Waals surface area contributed by atoms with Gasteiger partial charge in [-0.2, -0.15) is 0 Å². The number of hydrogen-bond donors (Lipinski definition) is 0. The molecule has 2 heterocycles. The molecule has 0 fully saturated rings. The van der Waals surface area contributed by atoms with Crippen LogP contribution in [0.1, 0.15) is 10.4 Å². The predicted octanol–water partition coefficient (Wildman–Crippen LogP) is 2.77. The van der Waals surface area contributed by atoms with E-state index in [0.717, 1.165) is 0 Å². The van der Waals surface area contributed by atoms with Crippen LogP contribution >= 0.6 is 11.6 Å². The first kappa shape index (κ1) is 12.0. The highest BCUT2D eigenvalue weighted by molar-refractivity contribution is 6.34. The van der Waals surface area contributed by atoms with E-state index in [1.54, 1.807) is 41.4 Å². The molecule has 0 aliphatic carbocycles. The molecule has 5 heteroatoms. The topological polar surface area (TPSA) is 42.4 Å².